The highest BCUT2D eigenvalue weighted by molar-refractivity contribution is 4.85. The van der Waals surface area contributed by atoms with E-state index in [4.69, 9.17) is 9.47 Å². The molecule has 1 fully saturated rings. The van der Waals surface area contributed by atoms with Gasteiger partial charge in [0, 0.05) is 19.8 Å². The van der Waals surface area contributed by atoms with E-state index in [0.29, 0.717) is 12.0 Å². The molecule has 3 nitrogen and oxygen atoms in total. The fourth-order valence-electron chi connectivity index (χ4n) is 2.15. The lowest BCUT2D eigenvalue weighted by Gasteiger charge is -2.32. The molecule has 1 aliphatic rings. The Labute approximate surface area is 93.5 Å². The minimum Gasteiger partial charge on any atom is -0.381 e. The van der Waals surface area contributed by atoms with Crippen molar-refractivity contribution in [3.63, 3.8) is 0 Å². The largest absolute Gasteiger partial charge is 0.381 e. The zero-order valence-corrected chi connectivity index (χ0v) is 10.5. The molecule has 0 bridgehead atoms. The van der Waals surface area contributed by atoms with Crippen LogP contribution in [0.15, 0.2) is 0 Å². The predicted octanol–water partition coefficient (Wildman–Crippen LogP) is 1.82. The van der Waals surface area contributed by atoms with Crippen molar-refractivity contribution in [1.29, 1.82) is 0 Å². The molecule has 1 saturated heterocycles. The molecule has 0 aromatic heterocycles. The van der Waals surface area contributed by atoms with Gasteiger partial charge in [-0.15, -0.1) is 0 Å². The number of methoxy groups -OCH3 is 1. The van der Waals surface area contributed by atoms with Gasteiger partial charge in [0.05, 0.1) is 12.2 Å². The van der Waals surface area contributed by atoms with Crippen LogP contribution in [0.25, 0.3) is 0 Å². The van der Waals surface area contributed by atoms with Crippen LogP contribution in [0.4, 0.5) is 0 Å². The standard InChI is InChI=1S/C12H25NO2/c1-5-13-11(8-12(2,3)14-4)10-6-7-15-9-10/h10-11,13H,5-9H2,1-4H3. The van der Waals surface area contributed by atoms with Gasteiger partial charge in [-0.1, -0.05) is 6.92 Å². The molecule has 0 aromatic carbocycles. The fraction of sp³-hybridized carbons (Fsp3) is 1.00. The normalized spacial score (nSPS) is 24.4. The lowest BCUT2D eigenvalue weighted by Crippen LogP contribution is -2.42. The number of hydrogen-bond donors (Lipinski definition) is 1. The van der Waals surface area contributed by atoms with E-state index >= 15 is 0 Å². The monoisotopic (exact) mass is 215 g/mol. The summed E-state index contributed by atoms with van der Waals surface area (Å²) in [6, 6.07) is 0.521. The average molecular weight is 215 g/mol. The Hall–Kier alpha value is -0.120. The maximum Gasteiger partial charge on any atom is 0.0637 e. The van der Waals surface area contributed by atoms with Crippen molar-refractivity contribution in [3.05, 3.63) is 0 Å². The predicted molar refractivity (Wildman–Crippen MR) is 62.1 cm³/mol. The summed E-state index contributed by atoms with van der Waals surface area (Å²) in [4.78, 5) is 0. The molecule has 3 heteroatoms. The van der Waals surface area contributed by atoms with Gasteiger partial charge in [-0.25, -0.2) is 0 Å². The second-order valence-electron chi connectivity index (χ2n) is 4.96. The molecule has 15 heavy (non-hydrogen) atoms. The smallest absolute Gasteiger partial charge is 0.0637 e. The molecular formula is C12H25NO2. The van der Waals surface area contributed by atoms with Crippen LogP contribution in [0.5, 0.6) is 0 Å². The van der Waals surface area contributed by atoms with Crippen molar-refractivity contribution in [3.8, 4) is 0 Å². The van der Waals surface area contributed by atoms with Crippen LogP contribution >= 0.6 is 0 Å². The second kappa shape index (κ2) is 5.83. The van der Waals surface area contributed by atoms with E-state index in [0.717, 1.165) is 26.2 Å². The van der Waals surface area contributed by atoms with Crippen molar-refractivity contribution in [2.45, 2.75) is 45.3 Å². The van der Waals surface area contributed by atoms with Crippen LogP contribution in [0.2, 0.25) is 0 Å². The van der Waals surface area contributed by atoms with Gasteiger partial charge < -0.3 is 14.8 Å². The molecule has 0 aliphatic carbocycles. The van der Waals surface area contributed by atoms with E-state index in [9.17, 15) is 0 Å². The Morgan fingerprint density at radius 2 is 2.27 bits per heavy atom. The van der Waals surface area contributed by atoms with Gasteiger partial charge >= 0.3 is 0 Å². The molecule has 1 aliphatic heterocycles. The molecule has 0 saturated carbocycles. The number of hydrogen-bond acceptors (Lipinski definition) is 3. The number of ether oxygens (including phenoxy) is 2. The van der Waals surface area contributed by atoms with Crippen molar-refractivity contribution >= 4 is 0 Å². The Morgan fingerprint density at radius 1 is 1.53 bits per heavy atom. The highest BCUT2D eigenvalue weighted by Gasteiger charge is 2.30. The Kier molecular flexibility index (Phi) is 5.03. The van der Waals surface area contributed by atoms with Crippen molar-refractivity contribution in [2.24, 2.45) is 5.92 Å². The molecule has 0 aromatic rings. The summed E-state index contributed by atoms with van der Waals surface area (Å²) in [7, 11) is 1.79. The zero-order valence-electron chi connectivity index (χ0n) is 10.5. The summed E-state index contributed by atoms with van der Waals surface area (Å²) < 4.78 is 10.9. The lowest BCUT2D eigenvalue weighted by molar-refractivity contribution is 0.00109. The van der Waals surface area contributed by atoms with Gasteiger partial charge in [-0.2, -0.15) is 0 Å². The van der Waals surface area contributed by atoms with Gasteiger partial charge in [0.2, 0.25) is 0 Å². The molecule has 1 N–H and O–H groups in total. The second-order valence-corrected chi connectivity index (χ2v) is 4.96. The summed E-state index contributed by atoms with van der Waals surface area (Å²) >= 11 is 0. The minimum absolute atomic E-state index is 0.0462. The zero-order chi connectivity index (χ0) is 11.3. The van der Waals surface area contributed by atoms with Crippen LogP contribution in [0, 0.1) is 5.92 Å². The van der Waals surface area contributed by atoms with Gasteiger partial charge in [0.1, 0.15) is 0 Å². The van der Waals surface area contributed by atoms with Gasteiger partial charge in [-0.05, 0) is 39.2 Å². The molecule has 2 atom stereocenters. The first-order valence-electron chi connectivity index (χ1n) is 5.95. The summed E-state index contributed by atoms with van der Waals surface area (Å²) in [5, 5.41) is 3.55. The molecule has 0 radical (unpaired) electrons. The Morgan fingerprint density at radius 3 is 2.73 bits per heavy atom. The topological polar surface area (TPSA) is 30.5 Å². The van der Waals surface area contributed by atoms with Crippen molar-refractivity contribution < 1.29 is 9.47 Å². The molecule has 1 rings (SSSR count). The third-order valence-corrected chi connectivity index (χ3v) is 3.26. The van der Waals surface area contributed by atoms with Crippen LogP contribution in [0.1, 0.15) is 33.6 Å². The summed E-state index contributed by atoms with van der Waals surface area (Å²) in [6.45, 7) is 9.28. The first kappa shape index (κ1) is 12.9. The first-order valence-corrected chi connectivity index (χ1v) is 5.95. The maximum atomic E-state index is 5.49. The lowest BCUT2D eigenvalue weighted by atomic mass is 9.89. The van der Waals surface area contributed by atoms with E-state index < -0.39 is 0 Å². The SMILES string of the molecule is CCNC(CC(C)(C)OC)C1CCOC1. The number of rotatable bonds is 6. The van der Waals surface area contributed by atoms with Crippen LogP contribution in [-0.4, -0.2) is 38.5 Å². The quantitative estimate of drug-likeness (QED) is 0.733. The van der Waals surface area contributed by atoms with Gasteiger partial charge in [0.25, 0.3) is 0 Å². The van der Waals surface area contributed by atoms with Crippen LogP contribution in [0.3, 0.4) is 0 Å². The molecule has 0 spiro atoms. The number of nitrogens with one attached hydrogen (secondary N) is 1. The Balaban J connectivity index is 2.49. The minimum atomic E-state index is -0.0462. The first-order chi connectivity index (χ1) is 7.09. The summed E-state index contributed by atoms with van der Waals surface area (Å²) in [5.41, 5.74) is -0.0462. The molecule has 90 valence electrons. The van der Waals surface area contributed by atoms with Gasteiger partial charge in [0.15, 0.2) is 0 Å². The summed E-state index contributed by atoms with van der Waals surface area (Å²) in [6.07, 6.45) is 2.23. The van der Waals surface area contributed by atoms with E-state index in [1.165, 1.54) is 6.42 Å². The third kappa shape index (κ3) is 4.09. The molecule has 0 amide bonds. The van der Waals surface area contributed by atoms with E-state index in [1.807, 2.05) is 0 Å². The van der Waals surface area contributed by atoms with Crippen LogP contribution in [-0.2, 0) is 9.47 Å². The highest BCUT2D eigenvalue weighted by Crippen LogP contribution is 2.25. The average Bonchev–Trinajstić information content (AvgIpc) is 2.70. The van der Waals surface area contributed by atoms with Crippen molar-refractivity contribution in [1.82, 2.24) is 5.32 Å². The van der Waals surface area contributed by atoms with Crippen LogP contribution < -0.4 is 5.32 Å². The molecule has 1 heterocycles. The third-order valence-electron chi connectivity index (χ3n) is 3.26. The molecule has 2 unspecified atom stereocenters. The van der Waals surface area contributed by atoms with Gasteiger partial charge in [-0.3, -0.25) is 0 Å². The Bertz CT molecular complexity index is 176. The van der Waals surface area contributed by atoms with Crippen molar-refractivity contribution in [2.75, 3.05) is 26.9 Å². The summed E-state index contributed by atoms with van der Waals surface area (Å²) in [5.74, 6) is 0.652. The fourth-order valence-corrected chi connectivity index (χ4v) is 2.15. The molecular weight excluding hydrogens is 190 g/mol. The highest BCUT2D eigenvalue weighted by atomic mass is 16.5. The van der Waals surface area contributed by atoms with E-state index in [-0.39, 0.29) is 5.60 Å². The van der Waals surface area contributed by atoms with E-state index in [2.05, 4.69) is 26.1 Å². The maximum absolute atomic E-state index is 5.49. The van der Waals surface area contributed by atoms with E-state index in [1.54, 1.807) is 7.11 Å².